The molecule has 1 N–H and O–H groups in total. The van der Waals surface area contributed by atoms with Crippen molar-refractivity contribution in [3.8, 4) is 17.2 Å². The Morgan fingerprint density at radius 2 is 1.42 bits per heavy atom. The van der Waals surface area contributed by atoms with E-state index in [0.717, 1.165) is 23.3 Å². The van der Waals surface area contributed by atoms with Crippen molar-refractivity contribution in [1.82, 2.24) is 0 Å². The third-order valence-electron chi connectivity index (χ3n) is 4.42. The number of methoxy groups -OCH3 is 3. The molecule has 0 unspecified atom stereocenters. The van der Waals surface area contributed by atoms with Gasteiger partial charge >= 0.3 is 0 Å². The molecular weight excluding hydrogens is 421 g/mol. The molecule has 0 atom stereocenters. The van der Waals surface area contributed by atoms with Gasteiger partial charge in [0.1, 0.15) is 5.82 Å². The predicted molar refractivity (Wildman–Crippen MR) is 119 cm³/mol. The number of benzene rings is 3. The molecule has 8 heteroatoms. The van der Waals surface area contributed by atoms with Crippen LogP contribution in [0.2, 0.25) is 0 Å². The topological polar surface area (TPSA) is 73.9 Å². The van der Waals surface area contributed by atoms with Crippen LogP contribution >= 0.6 is 0 Å². The highest BCUT2D eigenvalue weighted by Gasteiger charge is 2.14. The Bertz CT molecular complexity index is 1170. The Hall–Kier alpha value is -3.52. The smallest absolute Gasteiger partial charge is 0.261 e. The molecular formula is C23H22FNO5S. The fourth-order valence-electron chi connectivity index (χ4n) is 2.92. The van der Waals surface area contributed by atoms with Crippen LogP contribution in [0.1, 0.15) is 11.1 Å². The lowest BCUT2D eigenvalue weighted by molar-refractivity contribution is 0.324. The van der Waals surface area contributed by atoms with Gasteiger partial charge in [0.25, 0.3) is 10.0 Å². The Morgan fingerprint density at radius 1 is 0.806 bits per heavy atom. The maximum Gasteiger partial charge on any atom is 0.261 e. The highest BCUT2D eigenvalue weighted by atomic mass is 32.2. The molecule has 0 aliphatic heterocycles. The van der Waals surface area contributed by atoms with Gasteiger partial charge in [-0.1, -0.05) is 24.3 Å². The Labute approximate surface area is 180 Å². The van der Waals surface area contributed by atoms with Crippen molar-refractivity contribution in [2.24, 2.45) is 0 Å². The molecule has 6 nitrogen and oxygen atoms in total. The van der Waals surface area contributed by atoms with Crippen molar-refractivity contribution in [2.75, 3.05) is 26.1 Å². The fraction of sp³-hybridized carbons (Fsp3) is 0.130. The molecule has 3 rings (SSSR count). The first-order chi connectivity index (χ1) is 14.9. The minimum absolute atomic E-state index is 0.0210. The number of halogens is 1. The van der Waals surface area contributed by atoms with E-state index >= 15 is 0 Å². The van der Waals surface area contributed by atoms with E-state index in [1.54, 1.807) is 44.6 Å². The van der Waals surface area contributed by atoms with Crippen LogP contribution < -0.4 is 18.9 Å². The molecule has 3 aromatic rings. The molecule has 0 radical (unpaired) electrons. The summed E-state index contributed by atoms with van der Waals surface area (Å²) in [6.45, 7) is 0. The summed E-state index contributed by atoms with van der Waals surface area (Å²) in [5.41, 5.74) is 1.97. The largest absolute Gasteiger partial charge is 0.493 e. The van der Waals surface area contributed by atoms with E-state index in [1.807, 2.05) is 18.2 Å². The van der Waals surface area contributed by atoms with Gasteiger partial charge in [0.05, 0.1) is 26.2 Å². The van der Waals surface area contributed by atoms with Gasteiger partial charge in [-0.05, 0) is 59.7 Å². The van der Waals surface area contributed by atoms with Crippen molar-refractivity contribution in [1.29, 1.82) is 0 Å². The average Bonchev–Trinajstić information content (AvgIpc) is 2.77. The minimum Gasteiger partial charge on any atom is -0.493 e. The summed E-state index contributed by atoms with van der Waals surface area (Å²) in [6.07, 6.45) is 3.68. The monoisotopic (exact) mass is 443 g/mol. The molecule has 0 aliphatic rings. The standard InChI is InChI=1S/C23H22FNO5S/c1-28-21-14-17(15-22(29-2)23(21)30-3)8-7-16-5-4-6-19(13-16)25-31(26,27)20-11-9-18(24)10-12-20/h4-15,25H,1-3H3. The van der Waals surface area contributed by atoms with Crippen LogP contribution in [0.25, 0.3) is 12.2 Å². The predicted octanol–water partition coefficient (Wildman–Crippen LogP) is 4.82. The molecule has 0 spiro atoms. The van der Waals surface area contributed by atoms with Crippen LogP contribution in [-0.2, 0) is 10.0 Å². The minimum atomic E-state index is -3.83. The van der Waals surface area contributed by atoms with Crippen LogP contribution in [0.15, 0.2) is 65.6 Å². The SMILES string of the molecule is COc1cc(C=Cc2cccc(NS(=O)(=O)c3ccc(F)cc3)c2)cc(OC)c1OC. The van der Waals surface area contributed by atoms with Crippen LogP contribution in [0.4, 0.5) is 10.1 Å². The number of nitrogens with one attached hydrogen (secondary N) is 1. The second-order valence-corrected chi connectivity index (χ2v) is 8.16. The lowest BCUT2D eigenvalue weighted by atomic mass is 10.1. The molecule has 0 fully saturated rings. The van der Waals surface area contributed by atoms with E-state index in [0.29, 0.717) is 22.9 Å². The number of hydrogen-bond acceptors (Lipinski definition) is 5. The zero-order valence-corrected chi connectivity index (χ0v) is 18.1. The quantitative estimate of drug-likeness (QED) is 0.505. The van der Waals surface area contributed by atoms with Gasteiger partial charge in [0, 0.05) is 5.69 Å². The zero-order chi connectivity index (χ0) is 22.4. The van der Waals surface area contributed by atoms with Crippen molar-refractivity contribution in [2.45, 2.75) is 4.90 Å². The molecule has 0 aliphatic carbocycles. The summed E-state index contributed by atoms with van der Waals surface area (Å²) in [4.78, 5) is -0.0210. The molecule has 0 heterocycles. The highest BCUT2D eigenvalue weighted by Crippen LogP contribution is 2.38. The Balaban J connectivity index is 1.84. The maximum absolute atomic E-state index is 13.1. The number of anilines is 1. The zero-order valence-electron chi connectivity index (χ0n) is 17.3. The normalized spacial score (nSPS) is 11.4. The molecule has 3 aromatic carbocycles. The average molecular weight is 443 g/mol. The van der Waals surface area contributed by atoms with Crippen LogP contribution in [0, 0.1) is 5.82 Å². The molecule has 31 heavy (non-hydrogen) atoms. The fourth-order valence-corrected chi connectivity index (χ4v) is 3.97. The van der Waals surface area contributed by atoms with E-state index < -0.39 is 15.8 Å². The number of hydrogen-bond donors (Lipinski definition) is 1. The molecule has 0 saturated carbocycles. The molecule has 0 saturated heterocycles. The van der Waals surface area contributed by atoms with Gasteiger partial charge < -0.3 is 14.2 Å². The van der Waals surface area contributed by atoms with Gasteiger partial charge in [0.2, 0.25) is 5.75 Å². The van der Waals surface area contributed by atoms with Gasteiger partial charge in [-0.15, -0.1) is 0 Å². The van der Waals surface area contributed by atoms with E-state index in [2.05, 4.69) is 4.72 Å². The first-order valence-electron chi connectivity index (χ1n) is 9.23. The van der Waals surface area contributed by atoms with Crippen molar-refractivity contribution >= 4 is 27.9 Å². The second-order valence-electron chi connectivity index (χ2n) is 6.48. The lowest BCUT2D eigenvalue weighted by Gasteiger charge is -2.12. The molecule has 0 amide bonds. The number of sulfonamides is 1. The summed E-state index contributed by atoms with van der Waals surface area (Å²) >= 11 is 0. The number of ether oxygens (including phenoxy) is 3. The summed E-state index contributed by atoms with van der Waals surface area (Å²) in [5, 5.41) is 0. The van der Waals surface area contributed by atoms with Crippen molar-refractivity contribution in [3.05, 3.63) is 77.6 Å². The molecule has 162 valence electrons. The van der Waals surface area contributed by atoms with E-state index in [1.165, 1.54) is 19.2 Å². The third-order valence-corrected chi connectivity index (χ3v) is 5.82. The van der Waals surface area contributed by atoms with Crippen molar-refractivity contribution in [3.63, 3.8) is 0 Å². The maximum atomic E-state index is 13.1. The van der Waals surface area contributed by atoms with E-state index in [-0.39, 0.29) is 4.90 Å². The van der Waals surface area contributed by atoms with Gasteiger partial charge in [-0.2, -0.15) is 0 Å². The Kier molecular flexibility index (Phi) is 6.81. The molecule has 0 bridgehead atoms. The lowest BCUT2D eigenvalue weighted by Crippen LogP contribution is -2.12. The highest BCUT2D eigenvalue weighted by molar-refractivity contribution is 7.92. The summed E-state index contributed by atoms with van der Waals surface area (Å²) in [5.74, 6) is 1.06. The summed E-state index contributed by atoms with van der Waals surface area (Å²) < 4.78 is 56.6. The van der Waals surface area contributed by atoms with Crippen LogP contribution in [0.3, 0.4) is 0 Å². The van der Waals surface area contributed by atoms with Gasteiger partial charge in [0.15, 0.2) is 11.5 Å². The second kappa shape index (κ2) is 9.53. The summed E-state index contributed by atoms with van der Waals surface area (Å²) in [6, 6.07) is 15.1. The Morgan fingerprint density at radius 3 is 2.00 bits per heavy atom. The third kappa shape index (κ3) is 5.35. The van der Waals surface area contributed by atoms with E-state index in [9.17, 15) is 12.8 Å². The van der Waals surface area contributed by atoms with E-state index in [4.69, 9.17) is 14.2 Å². The van der Waals surface area contributed by atoms with Gasteiger partial charge in [-0.3, -0.25) is 4.72 Å². The van der Waals surface area contributed by atoms with Crippen molar-refractivity contribution < 1.29 is 27.0 Å². The van der Waals surface area contributed by atoms with Gasteiger partial charge in [-0.25, -0.2) is 12.8 Å². The van der Waals surface area contributed by atoms with Crippen LogP contribution in [-0.4, -0.2) is 29.7 Å². The molecule has 0 aromatic heterocycles. The number of rotatable bonds is 8. The first kappa shape index (κ1) is 22.2. The first-order valence-corrected chi connectivity index (χ1v) is 10.7. The summed E-state index contributed by atoms with van der Waals surface area (Å²) in [7, 11) is 0.795. The van der Waals surface area contributed by atoms with Crippen LogP contribution in [0.5, 0.6) is 17.2 Å².